The van der Waals surface area contributed by atoms with Crippen molar-refractivity contribution in [3.8, 4) is 0 Å². The van der Waals surface area contributed by atoms with Crippen molar-refractivity contribution in [3.63, 3.8) is 0 Å². The molecule has 0 spiro atoms. The van der Waals surface area contributed by atoms with Gasteiger partial charge < -0.3 is 9.64 Å². The first-order chi connectivity index (χ1) is 11.3. The van der Waals surface area contributed by atoms with Gasteiger partial charge in [-0.1, -0.05) is 19.3 Å². The van der Waals surface area contributed by atoms with E-state index in [4.69, 9.17) is 4.74 Å². The topological polar surface area (TPSA) is 36.0 Å². The lowest BCUT2D eigenvalue weighted by Gasteiger charge is -2.36. The number of carbonyl (C=O) groups excluding carboxylic acids is 1. The summed E-state index contributed by atoms with van der Waals surface area (Å²) in [6, 6.07) is 0. The van der Waals surface area contributed by atoms with Crippen LogP contribution in [-0.2, 0) is 9.53 Å². The Morgan fingerprint density at radius 2 is 1.48 bits per heavy atom. The van der Waals surface area contributed by atoms with E-state index in [9.17, 15) is 4.79 Å². The number of amides is 1. The monoisotopic (exact) mass is 325 g/mol. The molecule has 5 nitrogen and oxygen atoms in total. The number of ether oxygens (including phenoxy) is 1. The summed E-state index contributed by atoms with van der Waals surface area (Å²) in [6.45, 7) is 8.68. The highest BCUT2D eigenvalue weighted by Gasteiger charge is 2.22. The minimum atomic E-state index is 0.338. The molecule has 0 radical (unpaired) electrons. The van der Waals surface area contributed by atoms with E-state index in [-0.39, 0.29) is 0 Å². The molecule has 0 bridgehead atoms. The molecule has 134 valence electrons. The van der Waals surface area contributed by atoms with Gasteiger partial charge in [-0.2, -0.15) is 0 Å². The average Bonchev–Trinajstić information content (AvgIpc) is 2.54. The molecule has 0 aromatic rings. The highest BCUT2D eigenvalue weighted by molar-refractivity contribution is 5.78. The molecule has 2 saturated heterocycles. The van der Waals surface area contributed by atoms with Crippen molar-refractivity contribution in [1.82, 2.24) is 14.7 Å². The zero-order valence-electron chi connectivity index (χ0n) is 15.0. The summed E-state index contributed by atoms with van der Waals surface area (Å²) in [5, 5.41) is 0. The summed E-state index contributed by atoms with van der Waals surface area (Å²) >= 11 is 0. The molecular weight excluding hydrogens is 290 g/mol. The van der Waals surface area contributed by atoms with E-state index in [0.29, 0.717) is 12.5 Å². The van der Waals surface area contributed by atoms with Crippen LogP contribution < -0.4 is 0 Å². The number of unbranched alkanes of at least 4 members (excludes halogenated alkanes) is 1. The zero-order chi connectivity index (χ0) is 16.3. The highest BCUT2D eigenvalue weighted by Crippen LogP contribution is 2.11. The molecule has 2 aliphatic heterocycles. The largest absolute Gasteiger partial charge is 0.385 e. The van der Waals surface area contributed by atoms with Gasteiger partial charge in [0.1, 0.15) is 0 Å². The van der Waals surface area contributed by atoms with Gasteiger partial charge in [-0.15, -0.1) is 0 Å². The summed E-state index contributed by atoms with van der Waals surface area (Å²) < 4.78 is 5.09. The molecule has 0 aliphatic carbocycles. The number of carbonyl (C=O) groups is 1. The molecule has 2 heterocycles. The molecular formula is C18H35N3O2. The van der Waals surface area contributed by atoms with Gasteiger partial charge in [0, 0.05) is 39.9 Å². The van der Waals surface area contributed by atoms with Crippen LogP contribution in [0.25, 0.3) is 0 Å². The fraction of sp³-hybridized carbons (Fsp3) is 0.944. The fourth-order valence-electron chi connectivity index (χ4n) is 3.57. The van der Waals surface area contributed by atoms with E-state index in [0.717, 1.165) is 58.8 Å². The van der Waals surface area contributed by atoms with E-state index >= 15 is 0 Å². The van der Waals surface area contributed by atoms with Gasteiger partial charge in [0.25, 0.3) is 0 Å². The standard InChI is InChI=1S/C18H35N3O2/c1-23-16-8-7-9-19-12-14-21(15-13-19)18(22)17-20-10-5-3-2-4-6-11-20/h2-17H2,1H3. The molecule has 0 aromatic heterocycles. The van der Waals surface area contributed by atoms with Crippen LogP contribution in [0.1, 0.15) is 44.9 Å². The second-order valence-corrected chi connectivity index (χ2v) is 6.97. The van der Waals surface area contributed by atoms with Gasteiger partial charge in [0.05, 0.1) is 6.54 Å². The van der Waals surface area contributed by atoms with Gasteiger partial charge >= 0.3 is 0 Å². The lowest BCUT2D eigenvalue weighted by atomic mass is 10.1. The summed E-state index contributed by atoms with van der Waals surface area (Å²) in [5.74, 6) is 0.338. The molecule has 2 fully saturated rings. The Balaban J connectivity index is 1.62. The van der Waals surface area contributed by atoms with Gasteiger partial charge in [0.15, 0.2) is 0 Å². The predicted octanol–water partition coefficient (Wildman–Crippen LogP) is 1.82. The number of nitrogens with zero attached hydrogens (tertiary/aromatic N) is 3. The summed E-state index contributed by atoms with van der Waals surface area (Å²) in [4.78, 5) is 19.4. The van der Waals surface area contributed by atoms with Crippen LogP contribution in [0.15, 0.2) is 0 Å². The van der Waals surface area contributed by atoms with Crippen LogP contribution in [0.5, 0.6) is 0 Å². The second-order valence-electron chi connectivity index (χ2n) is 6.97. The molecule has 0 aromatic carbocycles. The van der Waals surface area contributed by atoms with Crippen molar-refractivity contribution in [3.05, 3.63) is 0 Å². The minimum absolute atomic E-state index is 0.338. The third kappa shape index (κ3) is 7.19. The van der Waals surface area contributed by atoms with Gasteiger partial charge in [-0.3, -0.25) is 14.6 Å². The molecule has 0 N–H and O–H groups in total. The van der Waals surface area contributed by atoms with Crippen molar-refractivity contribution < 1.29 is 9.53 Å². The van der Waals surface area contributed by atoms with E-state index in [1.807, 2.05) is 0 Å². The molecule has 0 saturated carbocycles. The van der Waals surface area contributed by atoms with Crippen molar-refractivity contribution >= 4 is 5.91 Å². The highest BCUT2D eigenvalue weighted by atomic mass is 16.5. The van der Waals surface area contributed by atoms with Crippen LogP contribution in [0.2, 0.25) is 0 Å². The van der Waals surface area contributed by atoms with E-state index in [1.54, 1.807) is 7.11 Å². The Morgan fingerprint density at radius 3 is 2.13 bits per heavy atom. The van der Waals surface area contributed by atoms with E-state index in [2.05, 4.69) is 14.7 Å². The van der Waals surface area contributed by atoms with Crippen LogP contribution >= 0.6 is 0 Å². The Labute approximate surface area is 141 Å². The van der Waals surface area contributed by atoms with Crippen LogP contribution in [-0.4, -0.2) is 86.7 Å². The number of rotatable bonds is 7. The van der Waals surface area contributed by atoms with Crippen molar-refractivity contribution in [2.75, 3.05) is 66.1 Å². The first-order valence-electron chi connectivity index (χ1n) is 9.51. The third-order valence-corrected chi connectivity index (χ3v) is 5.11. The molecule has 2 aliphatic rings. The van der Waals surface area contributed by atoms with E-state index < -0.39 is 0 Å². The molecule has 0 atom stereocenters. The third-order valence-electron chi connectivity index (χ3n) is 5.11. The number of hydrogen-bond donors (Lipinski definition) is 0. The van der Waals surface area contributed by atoms with Crippen LogP contribution in [0.4, 0.5) is 0 Å². The quantitative estimate of drug-likeness (QED) is 0.669. The summed E-state index contributed by atoms with van der Waals surface area (Å²) in [7, 11) is 1.76. The maximum absolute atomic E-state index is 12.5. The van der Waals surface area contributed by atoms with Crippen molar-refractivity contribution in [1.29, 1.82) is 0 Å². The Bertz CT molecular complexity index is 322. The Hall–Kier alpha value is -0.650. The molecule has 5 heteroatoms. The molecule has 2 rings (SSSR count). The fourth-order valence-corrected chi connectivity index (χ4v) is 3.57. The van der Waals surface area contributed by atoms with Gasteiger partial charge in [-0.05, 0) is 45.3 Å². The van der Waals surface area contributed by atoms with Crippen LogP contribution in [0.3, 0.4) is 0 Å². The maximum atomic E-state index is 12.5. The molecule has 0 unspecified atom stereocenters. The minimum Gasteiger partial charge on any atom is -0.385 e. The molecule has 23 heavy (non-hydrogen) atoms. The predicted molar refractivity (Wildman–Crippen MR) is 93.7 cm³/mol. The number of piperazine rings is 1. The maximum Gasteiger partial charge on any atom is 0.236 e. The van der Waals surface area contributed by atoms with Crippen molar-refractivity contribution in [2.24, 2.45) is 0 Å². The number of likely N-dealkylation sites (tertiary alicyclic amines) is 1. The van der Waals surface area contributed by atoms with E-state index in [1.165, 1.54) is 38.5 Å². The Morgan fingerprint density at radius 1 is 0.826 bits per heavy atom. The Kier molecular flexibility index (Phi) is 8.94. The summed E-state index contributed by atoms with van der Waals surface area (Å²) in [6.07, 6.45) is 8.85. The normalized spacial score (nSPS) is 21.9. The van der Waals surface area contributed by atoms with Crippen molar-refractivity contribution in [2.45, 2.75) is 44.9 Å². The first-order valence-corrected chi connectivity index (χ1v) is 9.51. The van der Waals surface area contributed by atoms with Gasteiger partial charge in [-0.25, -0.2) is 0 Å². The molecule has 1 amide bonds. The van der Waals surface area contributed by atoms with Gasteiger partial charge in [0.2, 0.25) is 5.91 Å². The zero-order valence-corrected chi connectivity index (χ0v) is 15.0. The smallest absolute Gasteiger partial charge is 0.236 e. The number of methoxy groups -OCH3 is 1. The second kappa shape index (κ2) is 11.0. The SMILES string of the molecule is COCCCCN1CCN(C(=O)CN2CCCCCCC2)CC1. The average molecular weight is 325 g/mol. The summed E-state index contributed by atoms with van der Waals surface area (Å²) in [5.41, 5.74) is 0. The van der Waals surface area contributed by atoms with Crippen LogP contribution in [0, 0.1) is 0 Å². The number of hydrogen-bond acceptors (Lipinski definition) is 4. The first kappa shape index (κ1) is 18.7. The lowest BCUT2D eigenvalue weighted by molar-refractivity contribution is -0.134. The lowest BCUT2D eigenvalue weighted by Crippen LogP contribution is -2.51.